The summed E-state index contributed by atoms with van der Waals surface area (Å²) in [5.41, 5.74) is 5.04. The van der Waals surface area contributed by atoms with E-state index in [0.29, 0.717) is 0 Å². The van der Waals surface area contributed by atoms with Crippen molar-refractivity contribution in [1.29, 1.82) is 0 Å². The van der Waals surface area contributed by atoms with E-state index in [1.165, 1.54) is 3.57 Å². The smallest absolute Gasteiger partial charge is 0.0889 e. The molecule has 0 aliphatic carbocycles. The highest BCUT2D eigenvalue weighted by Crippen LogP contribution is 2.30. The lowest BCUT2D eigenvalue weighted by Crippen LogP contribution is -2.31. The molecule has 19 heavy (non-hydrogen) atoms. The van der Waals surface area contributed by atoms with Crippen molar-refractivity contribution in [2.45, 2.75) is 25.9 Å². The van der Waals surface area contributed by atoms with Gasteiger partial charge in [-0.15, -0.1) is 0 Å². The number of aromatic nitrogens is 2. The average molecular weight is 435 g/mol. The van der Waals surface area contributed by atoms with Gasteiger partial charge in [0.05, 0.1) is 22.4 Å². The van der Waals surface area contributed by atoms with E-state index in [1.54, 1.807) is 0 Å². The van der Waals surface area contributed by atoms with Crippen LogP contribution in [-0.4, -0.2) is 9.78 Å². The molecule has 4 nitrogen and oxygen atoms in total. The summed E-state index contributed by atoms with van der Waals surface area (Å²) in [5.74, 6) is 5.76. The van der Waals surface area contributed by atoms with Crippen LogP contribution in [0.2, 0.25) is 0 Å². The third kappa shape index (κ3) is 3.18. The molecule has 2 rings (SSSR count). The van der Waals surface area contributed by atoms with Gasteiger partial charge in [-0.05, 0) is 70.1 Å². The van der Waals surface area contributed by atoms with Crippen molar-refractivity contribution in [3.8, 4) is 0 Å². The Bertz CT molecular complexity index is 550. The van der Waals surface area contributed by atoms with Crippen LogP contribution < -0.4 is 11.3 Å². The summed E-state index contributed by atoms with van der Waals surface area (Å²) in [6.45, 7) is 4.20. The van der Waals surface area contributed by atoms with Crippen LogP contribution in [0.25, 0.3) is 0 Å². The maximum absolute atomic E-state index is 5.76. The number of nitrogens with two attached hydrogens (primary N) is 1. The minimum atomic E-state index is -0.0868. The van der Waals surface area contributed by atoms with Crippen molar-refractivity contribution >= 4 is 38.5 Å². The van der Waals surface area contributed by atoms with Crippen LogP contribution in [0.4, 0.5) is 0 Å². The molecule has 1 unspecified atom stereocenters. The number of nitrogens with one attached hydrogen (secondary N) is 1. The van der Waals surface area contributed by atoms with Crippen LogP contribution in [-0.2, 0) is 0 Å². The molecular weight excluding hydrogens is 419 g/mol. The molecule has 102 valence electrons. The Labute approximate surface area is 135 Å². The van der Waals surface area contributed by atoms with E-state index in [0.717, 1.165) is 15.7 Å². The Kier molecular flexibility index (Phi) is 4.99. The number of rotatable bonds is 4. The number of hydrogen-bond acceptors (Lipinski definition) is 3. The lowest BCUT2D eigenvalue weighted by Gasteiger charge is -2.20. The maximum Gasteiger partial charge on any atom is 0.0889 e. The first kappa shape index (κ1) is 15.0. The standard InChI is InChI=1S/C13H16BrIN4/c1-8(2)19-13(11(14)7-17-19)12(18-16)9-3-5-10(15)6-4-9/h3-8,12,18H,16H2,1-2H3. The first-order valence-corrected chi connectivity index (χ1v) is 7.86. The van der Waals surface area contributed by atoms with Gasteiger partial charge in [0.2, 0.25) is 0 Å². The summed E-state index contributed by atoms with van der Waals surface area (Å²) < 4.78 is 4.14. The van der Waals surface area contributed by atoms with Crippen LogP contribution in [0.1, 0.15) is 37.2 Å². The van der Waals surface area contributed by atoms with Crippen molar-refractivity contribution < 1.29 is 0 Å². The fraction of sp³-hybridized carbons (Fsp3) is 0.308. The molecule has 1 heterocycles. The minimum Gasteiger partial charge on any atom is -0.271 e. The molecule has 1 aromatic heterocycles. The van der Waals surface area contributed by atoms with Crippen LogP contribution in [0, 0.1) is 3.57 Å². The van der Waals surface area contributed by atoms with Gasteiger partial charge >= 0.3 is 0 Å². The molecule has 0 fully saturated rings. The second kappa shape index (κ2) is 6.34. The largest absolute Gasteiger partial charge is 0.271 e. The topological polar surface area (TPSA) is 55.9 Å². The Balaban J connectivity index is 2.47. The molecule has 2 aromatic rings. The Morgan fingerprint density at radius 3 is 2.47 bits per heavy atom. The second-order valence-electron chi connectivity index (χ2n) is 4.57. The van der Waals surface area contributed by atoms with Crippen molar-refractivity contribution in [2.75, 3.05) is 0 Å². The third-order valence-electron chi connectivity index (χ3n) is 2.92. The predicted molar refractivity (Wildman–Crippen MR) is 88.6 cm³/mol. The Morgan fingerprint density at radius 2 is 1.95 bits per heavy atom. The van der Waals surface area contributed by atoms with Crippen molar-refractivity contribution in [3.05, 3.63) is 49.8 Å². The molecule has 6 heteroatoms. The molecule has 0 saturated heterocycles. The first-order chi connectivity index (χ1) is 9.04. The molecule has 3 N–H and O–H groups in total. The van der Waals surface area contributed by atoms with Crippen LogP contribution in [0.3, 0.4) is 0 Å². The first-order valence-electron chi connectivity index (χ1n) is 5.99. The molecule has 0 spiro atoms. The van der Waals surface area contributed by atoms with E-state index in [4.69, 9.17) is 5.84 Å². The monoisotopic (exact) mass is 434 g/mol. The Hall–Kier alpha value is -0.440. The third-order valence-corrected chi connectivity index (χ3v) is 4.25. The Morgan fingerprint density at radius 1 is 1.32 bits per heavy atom. The number of hydrazine groups is 1. The summed E-state index contributed by atoms with van der Waals surface area (Å²) in [7, 11) is 0. The molecule has 0 aliphatic rings. The van der Waals surface area contributed by atoms with E-state index in [9.17, 15) is 0 Å². The lowest BCUT2D eigenvalue weighted by molar-refractivity contribution is 0.475. The fourth-order valence-corrected chi connectivity index (χ4v) is 2.88. The molecule has 0 amide bonds. The maximum atomic E-state index is 5.76. The van der Waals surface area contributed by atoms with Gasteiger partial charge in [0.15, 0.2) is 0 Å². The van der Waals surface area contributed by atoms with Crippen molar-refractivity contribution in [1.82, 2.24) is 15.2 Å². The molecule has 0 saturated carbocycles. The van der Waals surface area contributed by atoms with Crippen LogP contribution in [0.5, 0.6) is 0 Å². The van der Waals surface area contributed by atoms with Gasteiger partial charge in [0.1, 0.15) is 0 Å². The number of nitrogens with zero attached hydrogens (tertiary/aromatic N) is 2. The summed E-state index contributed by atoms with van der Waals surface area (Å²) >= 11 is 5.85. The van der Waals surface area contributed by atoms with E-state index >= 15 is 0 Å². The average Bonchev–Trinajstić information content (AvgIpc) is 2.75. The van der Waals surface area contributed by atoms with E-state index in [1.807, 2.05) is 10.9 Å². The zero-order valence-electron chi connectivity index (χ0n) is 10.8. The van der Waals surface area contributed by atoms with Crippen LogP contribution in [0.15, 0.2) is 34.9 Å². The van der Waals surface area contributed by atoms with Gasteiger partial charge in [0.25, 0.3) is 0 Å². The van der Waals surface area contributed by atoms with Crippen molar-refractivity contribution in [2.24, 2.45) is 5.84 Å². The molecular formula is C13H16BrIN4. The number of hydrogen-bond donors (Lipinski definition) is 2. The molecule has 1 atom stereocenters. The number of benzene rings is 1. The van der Waals surface area contributed by atoms with Crippen molar-refractivity contribution in [3.63, 3.8) is 0 Å². The minimum absolute atomic E-state index is 0.0868. The van der Waals surface area contributed by atoms with E-state index in [2.05, 4.69) is 87.2 Å². The molecule has 0 radical (unpaired) electrons. The summed E-state index contributed by atoms with van der Waals surface area (Å²) in [5, 5.41) is 4.40. The SMILES string of the molecule is CC(C)n1ncc(Br)c1C(NN)c1ccc(I)cc1. The van der Waals surface area contributed by atoms with Crippen LogP contribution >= 0.6 is 38.5 Å². The normalized spacial score (nSPS) is 12.9. The van der Waals surface area contributed by atoms with Gasteiger partial charge in [-0.1, -0.05) is 12.1 Å². The quantitative estimate of drug-likeness (QED) is 0.440. The highest BCUT2D eigenvalue weighted by Gasteiger charge is 2.22. The summed E-state index contributed by atoms with van der Waals surface area (Å²) in [6, 6.07) is 8.50. The van der Waals surface area contributed by atoms with Gasteiger partial charge in [0, 0.05) is 9.61 Å². The predicted octanol–water partition coefficient (Wildman–Crippen LogP) is 3.38. The zero-order valence-corrected chi connectivity index (χ0v) is 14.5. The van der Waals surface area contributed by atoms with Gasteiger partial charge in [-0.2, -0.15) is 5.10 Å². The van der Waals surface area contributed by atoms with Gasteiger partial charge in [-0.3, -0.25) is 10.5 Å². The van der Waals surface area contributed by atoms with E-state index < -0.39 is 0 Å². The fourth-order valence-electron chi connectivity index (χ4n) is 2.02. The van der Waals surface area contributed by atoms with Gasteiger partial charge in [-0.25, -0.2) is 5.43 Å². The second-order valence-corrected chi connectivity index (χ2v) is 6.67. The highest BCUT2D eigenvalue weighted by atomic mass is 127. The molecule has 0 bridgehead atoms. The summed E-state index contributed by atoms with van der Waals surface area (Å²) in [4.78, 5) is 0. The molecule has 1 aromatic carbocycles. The lowest BCUT2D eigenvalue weighted by atomic mass is 10.0. The number of halogens is 2. The van der Waals surface area contributed by atoms with Gasteiger partial charge < -0.3 is 0 Å². The van der Waals surface area contributed by atoms with E-state index in [-0.39, 0.29) is 12.1 Å². The molecule has 0 aliphatic heterocycles. The highest BCUT2D eigenvalue weighted by molar-refractivity contribution is 14.1. The summed E-state index contributed by atoms with van der Waals surface area (Å²) in [6.07, 6.45) is 1.81. The zero-order chi connectivity index (χ0) is 14.0.